The molecule has 0 radical (unpaired) electrons. The van der Waals surface area contributed by atoms with E-state index in [1.807, 2.05) is 20.8 Å². The van der Waals surface area contributed by atoms with Gasteiger partial charge in [0.05, 0.1) is 19.8 Å². The highest BCUT2D eigenvalue weighted by Crippen LogP contribution is 2.46. The van der Waals surface area contributed by atoms with Gasteiger partial charge in [0.25, 0.3) is 0 Å². The first-order valence-corrected chi connectivity index (χ1v) is 11.8. The summed E-state index contributed by atoms with van der Waals surface area (Å²) in [5.41, 5.74) is 3.73. The van der Waals surface area contributed by atoms with Crippen LogP contribution in [-0.2, 0) is 18.6 Å². The second kappa shape index (κ2) is 16.9. The van der Waals surface area contributed by atoms with E-state index in [1.54, 1.807) is 0 Å². The summed E-state index contributed by atoms with van der Waals surface area (Å²) >= 11 is 0. The third-order valence-electron chi connectivity index (χ3n) is 4.14. The third-order valence-corrected chi connectivity index (χ3v) is 6.09. The molecule has 0 saturated heterocycles. The Morgan fingerprint density at radius 2 is 1.36 bits per heavy atom. The van der Waals surface area contributed by atoms with Gasteiger partial charge in [-0.15, -0.1) is 0 Å². The fourth-order valence-corrected chi connectivity index (χ4v) is 4.10. The predicted molar refractivity (Wildman–Crippen MR) is 121 cm³/mol. The van der Waals surface area contributed by atoms with E-state index in [1.165, 1.54) is 16.7 Å². The number of hydrogen-bond acceptors (Lipinski definition) is 4. The first-order valence-electron chi connectivity index (χ1n) is 10.5. The normalized spacial score (nSPS) is 13.6. The highest BCUT2D eigenvalue weighted by atomic mass is 31.2. The van der Waals surface area contributed by atoms with Crippen LogP contribution in [0.4, 0.5) is 0 Å². The minimum atomic E-state index is -1.28. The van der Waals surface area contributed by atoms with Gasteiger partial charge in [-0.3, -0.25) is 4.79 Å². The molecule has 0 aliphatic carbocycles. The number of carbonyl (C=O) groups excluding carboxylic acids is 1. The van der Waals surface area contributed by atoms with E-state index in [0.29, 0.717) is 26.2 Å². The van der Waals surface area contributed by atoms with E-state index in [2.05, 4.69) is 45.9 Å². The Balaban J connectivity index is 4.75. The summed E-state index contributed by atoms with van der Waals surface area (Å²) in [4.78, 5) is 12.4. The average Bonchev–Trinajstić information content (AvgIpc) is 2.62. The van der Waals surface area contributed by atoms with Gasteiger partial charge in [-0.2, -0.15) is 0 Å². The lowest BCUT2D eigenvalue weighted by Crippen LogP contribution is -2.23. The number of carbonyl (C=O) groups is 1. The fourth-order valence-electron chi connectivity index (χ4n) is 2.63. The van der Waals surface area contributed by atoms with E-state index in [4.69, 9.17) is 13.8 Å². The summed E-state index contributed by atoms with van der Waals surface area (Å²) in [5.74, 6) is -0.227. The van der Waals surface area contributed by atoms with Crippen molar-refractivity contribution in [2.75, 3.05) is 19.8 Å². The molecule has 0 bridgehead atoms. The lowest BCUT2D eigenvalue weighted by molar-refractivity contribution is -0.142. The highest BCUT2D eigenvalue weighted by Gasteiger charge is 2.31. The van der Waals surface area contributed by atoms with Crippen molar-refractivity contribution < 1.29 is 18.6 Å². The minimum absolute atomic E-state index is 0.227. The Bertz CT molecular complexity index is 513. The number of ether oxygens (including phenoxy) is 1. The second-order valence-electron chi connectivity index (χ2n) is 7.08. The molecule has 4 nitrogen and oxygen atoms in total. The van der Waals surface area contributed by atoms with Crippen LogP contribution in [0, 0.1) is 0 Å². The molecular weight excluding hydrogens is 371 g/mol. The average molecular weight is 413 g/mol. The van der Waals surface area contributed by atoms with Crippen LogP contribution in [-0.4, -0.2) is 31.4 Å². The van der Waals surface area contributed by atoms with Gasteiger partial charge in [0, 0.05) is 0 Å². The molecule has 0 aromatic carbocycles. The molecule has 1 atom stereocenters. The second-order valence-corrected chi connectivity index (χ2v) is 8.79. The molecule has 0 aromatic rings. The van der Waals surface area contributed by atoms with Crippen LogP contribution in [0.25, 0.3) is 0 Å². The molecule has 0 saturated carbocycles. The molecule has 5 heteroatoms. The Labute approximate surface area is 174 Å². The molecule has 0 N–H and O–H groups in total. The molecule has 0 amide bonds. The summed E-state index contributed by atoms with van der Waals surface area (Å²) in [6, 6.07) is 0. The van der Waals surface area contributed by atoms with E-state index in [9.17, 15) is 4.79 Å². The van der Waals surface area contributed by atoms with Crippen molar-refractivity contribution in [3.05, 3.63) is 34.9 Å². The maximum atomic E-state index is 12.4. The topological polar surface area (TPSA) is 44.8 Å². The first kappa shape index (κ1) is 27.0. The summed E-state index contributed by atoms with van der Waals surface area (Å²) < 4.78 is 16.7. The Morgan fingerprint density at radius 1 is 0.821 bits per heavy atom. The Hall–Kier alpha value is -0.960. The molecular formula is C23H41O4P. The first-order chi connectivity index (χ1) is 13.3. The largest absolute Gasteiger partial charge is 0.465 e. The van der Waals surface area contributed by atoms with Crippen LogP contribution in [0.2, 0.25) is 0 Å². The van der Waals surface area contributed by atoms with Crippen molar-refractivity contribution in [2.24, 2.45) is 0 Å². The minimum Gasteiger partial charge on any atom is -0.465 e. The number of hydrogen-bond donors (Lipinski definition) is 0. The van der Waals surface area contributed by atoms with E-state index < -0.39 is 8.38 Å². The zero-order valence-corrected chi connectivity index (χ0v) is 19.9. The van der Waals surface area contributed by atoms with Gasteiger partial charge in [0.15, 0.2) is 8.38 Å². The lowest BCUT2D eigenvalue weighted by atomic mass is 10.1. The van der Waals surface area contributed by atoms with Crippen molar-refractivity contribution in [3.63, 3.8) is 0 Å². The zero-order valence-electron chi connectivity index (χ0n) is 19.0. The molecule has 0 aliphatic rings. The van der Waals surface area contributed by atoms with Crippen LogP contribution < -0.4 is 0 Å². The Kier molecular flexibility index (Phi) is 16.4. The van der Waals surface area contributed by atoms with Crippen molar-refractivity contribution in [1.29, 1.82) is 0 Å². The molecule has 28 heavy (non-hydrogen) atoms. The van der Waals surface area contributed by atoms with Gasteiger partial charge in [0.1, 0.15) is 5.66 Å². The molecule has 0 aliphatic heterocycles. The van der Waals surface area contributed by atoms with Gasteiger partial charge >= 0.3 is 5.97 Å². The number of esters is 1. The molecule has 1 unspecified atom stereocenters. The summed E-state index contributed by atoms with van der Waals surface area (Å²) in [6.45, 7) is 15.7. The number of rotatable bonds is 15. The summed E-state index contributed by atoms with van der Waals surface area (Å²) in [6.07, 6.45) is 11.6. The summed E-state index contributed by atoms with van der Waals surface area (Å²) in [5, 5.41) is 0. The smallest absolute Gasteiger partial charge is 0.318 e. The van der Waals surface area contributed by atoms with Crippen molar-refractivity contribution in [2.45, 2.75) is 86.2 Å². The summed E-state index contributed by atoms with van der Waals surface area (Å²) in [7, 11) is -1.28. The molecule has 0 aromatic heterocycles. The highest BCUT2D eigenvalue weighted by molar-refractivity contribution is 7.49. The van der Waals surface area contributed by atoms with Crippen LogP contribution in [0.3, 0.4) is 0 Å². The van der Waals surface area contributed by atoms with Gasteiger partial charge in [-0.25, -0.2) is 0 Å². The van der Waals surface area contributed by atoms with E-state index >= 15 is 0 Å². The molecule has 0 heterocycles. The third kappa shape index (κ3) is 13.3. The number of allylic oxidation sites excluding steroid dienone is 6. The molecule has 0 rings (SSSR count). The van der Waals surface area contributed by atoms with Crippen molar-refractivity contribution in [3.8, 4) is 0 Å². The fraction of sp³-hybridized carbons (Fsp3) is 0.696. The maximum absolute atomic E-state index is 12.4. The predicted octanol–water partition coefficient (Wildman–Crippen LogP) is 7.11. The van der Waals surface area contributed by atoms with Gasteiger partial charge in [0.2, 0.25) is 0 Å². The molecule has 0 fully saturated rings. The van der Waals surface area contributed by atoms with Crippen LogP contribution in [0.1, 0.15) is 80.6 Å². The van der Waals surface area contributed by atoms with Crippen LogP contribution in [0.15, 0.2) is 34.9 Å². The van der Waals surface area contributed by atoms with E-state index in [0.717, 1.165) is 25.7 Å². The zero-order chi connectivity index (χ0) is 21.4. The monoisotopic (exact) mass is 412 g/mol. The lowest BCUT2D eigenvalue weighted by Gasteiger charge is -2.23. The quantitative estimate of drug-likeness (QED) is 0.163. The van der Waals surface area contributed by atoms with Crippen LogP contribution >= 0.6 is 8.38 Å². The van der Waals surface area contributed by atoms with Crippen LogP contribution in [0.5, 0.6) is 0 Å². The van der Waals surface area contributed by atoms with Crippen molar-refractivity contribution >= 4 is 14.3 Å². The molecule has 0 spiro atoms. The van der Waals surface area contributed by atoms with Crippen molar-refractivity contribution in [1.82, 2.24) is 0 Å². The Morgan fingerprint density at radius 3 is 1.86 bits per heavy atom. The molecule has 162 valence electrons. The van der Waals surface area contributed by atoms with Gasteiger partial charge in [-0.05, 0) is 80.6 Å². The van der Waals surface area contributed by atoms with Gasteiger partial charge in [-0.1, -0.05) is 34.9 Å². The van der Waals surface area contributed by atoms with Gasteiger partial charge < -0.3 is 13.8 Å². The SMILES string of the molecule is CCOC(=O)C(CC=C(C)CCC=C(C)CCC=C(C)C)P(OCC)OCC. The standard InChI is InChI=1S/C23H41O4P/c1-8-25-23(24)22(28(26-9-2)27-10-3)18-17-21(7)16-12-15-20(6)14-11-13-19(4)5/h13,15,17,22H,8-12,14,16,18H2,1-7H3. The maximum Gasteiger partial charge on any atom is 0.318 e. The van der Waals surface area contributed by atoms with E-state index in [-0.39, 0.29) is 11.6 Å².